The molecule has 0 aliphatic rings. The second-order valence-electron chi connectivity index (χ2n) is 3.75. The van der Waals surface area contributed by atoms with Gasteiger partial charge in [-0.1, -0.05) is 34.5 Å². The zero-order chi connectivity index (χ0) is 12.3. The zero-order valence-corrected chi connectivity index (χ0v) is 11.8. The molecule has 0 aliphatic carbocycles. The number of hydrogen-bond donors (Lipinski definition) is 1. The first-order valence-electron chi connectivity index (χ1n) is 5.42. The Morgan fingerprint density at radius 2 is 2.18 bits per heavy atom. The lowest BCUT2D eigenvalue weighted by molar-refractivity contribution is 0.553. The Balaban J connectivity index is 2.38. The van der Waals surface area contributed by atoms with Gasteiger partial charge < -0.3 is 9.73 Å². The largest absolute Gasteiger partial charge is 0.472 e. The van der Waals surface area contributed by atoms with Crippen molar-refractivity contribution in [1.29, 1.82) is 0 Å². The molecule has 0 spiro atoms. The van der Waals surface area contributed by atoms with Crippen LogP contribution in [0.25, 0.3) is 0 Å². The Hall–Kier alpha value is -0.770. The van der Waals surface area contributed by atoms with Crippen molar-refractivity contribution in [2.45, 2.75) is 13.0 Å². The topological polar surface area (TPSA) is 25.2 Å². The van der Waals surface area contributed by atoms with E-state index in [0.29, 0.717) is 0 Å². The van der Waals surface area contributed by atoms with Gasteiger partial charge in [0.2, 0.25) is 0 Å². The van der Waals surface area contributed by atoms with Crippen molar-refractivity contribution >= 4 is 27.5 Å². The average Bonchev–Trinajstić information content (AvgIpc) is 2.77. The molecule has 1 atom stereocenters. The minimum Gasteiger partial charge on any atom is -0.472 e. The van der Waals surface area contributed by atoms with Crippen molar-refractivity contribution in [3.05, 3.63) is 57.4 Å². The molecule has 90 valence electrons. The molecule has 1 heterocycles. The van der Waals surface area contributed by atoms with Crippen LogP contribution in [-0.4, -0.2) is 6.54 Å². The van der Waals surface area contributed by atoms with E-state index in [9.17, 15) is 0 Å². The number of furan rings is 1. The van der Waals surface area contributed by atoms with Gasteiger partial charge in [-0.3, -0.25) is 0 Å². The maximum atomic E-state index is 6.07. The molecule has 1 aromatic heterocycles. The van der Waals surface area contributed by atoms with Crippen molar-refractivity contribution < 1.29 is 4.42 Å². The molecule has 0 saturated carbocycles. The molecule has 0 fully saturated rings. The lowest BCUT2D eigenvalue weighted by atomic mass is 10.0. The molecule has 2 nitrogen and oxygen atoms in total. The zero-order valence-electron chi connectivity index (χ0n) is 9.41. The molecule has 0 aliphatic heterocycles. The van der Waals surface area contributed by atoms with E-state index in [1.807, 2.05) is 18.2 Å². The summed E-state index contributed by atoms with van der Waals surface area (Å²) in [5.74, 6) is 0. The predicted octanol–water partition coefficient (Wildman–Crippen LogP) is 4.39. The van der Waals surface area contributed by atoms with Crippen LogP contribution in [0.3, 0.4) is 0 Å². The molecule has 1 N–H and O–H groups in total. The Labute approximate surface area is 114 Å². The van der Waals surface area contributed by atoms with E-state index < -0.39 is 0 Å². The van der Waals surface area contributed by atoms with Gasteiger partial charge in [0.05, 0.1) is 18.6 Å². The molecule has 2 aromatic rings. The Kier molecular flexibility index (Phi) is 4.26. The van der Waals surface area contributed by atoms with Gasteiger partial charge in [0, 0.05) is 15.1 Å². The lowest BCUT2D eigenvalue weighted by Crippen LogP contribution is -2.21. The van der Waals surface area contributed by atoms with Crippen LogP contribution >= 0.6 is 27.5 Å². The van der Waals surface area contributed by atoms with E-state index in [0.717, 1.165) is 27.2 Å². The number of rotatable bonds is 4. The third-order valence-corrected chi connectivity index (χ3v) is 3.18. The number of benzene rings is 1. The first-order valence-corrected chi connectivity index (χ1v) is 6.59. The summed E-state index contributed by atoms with van der Waals surface area (Å²) in [6.45, 7) is 2.95. The first-order chi connectivity index (χ1) is 8.20. The van der Waals surface area contributed by atoms with Gasteiger partial charge in [0.15, 0.2) is 0 Å². The Morgan fingerprint density at radius 3 is 2.76 bits per heavy atom. The summed E-state index contributed by atoms with van der Waals surface area (Å²) < 4.78 is 6.12. The molecule has 17 heavy (non-hydrogen) atoms. The monoisotopic (exact) mass is 313 g/mol. The van der Waals surface area contributed by atoms with Crippen LogP contribution in [0.1, 0.15) is 24.1 Å². The summed E-state index contributed by atoms with van der Waals surface area (Å²) in [4.78, 5) is 0. The van der Waals surface area contributed by atoms with Crippen LogP contribution in [0.4, 0.5) is 0 Å². The number of halogens is 2. The van der Waals surface area contributed by atoms with Gasteiger partial charge in [-0.2, -0.15) is 0 Å². The van der Waals surface area contributed by atoms with Crippen LogP contribution in [-0.2, 0) is 0 Å². The summed E-state index contributed by atoms with van der Waals surface area (Å²) in [7, 11) is 0. The van der Waals surface area contributed by atoms with Crippen LogP contribution in [0.15, 0.2) is 45.7 Å². The second-order valence-corrected chi connectivity index (χ2v) is 5.10. The fourth-order valence-corrected chi connectivity index (χ4v) is 2.70. The summed E-state index contributed by atoms with van der Waals surface area (Å²) in [5.41, 5.74) is 2.22. The van der Waals surface area contributed by atoms with Gasteiger partial charge in [-0.15, -0.1) is 0 Å². The van der Waals surface area contributed by atoms with Gasteiger partial charge in [0.25, 0.3) is 0 Å². The fourth-order valence-electron chi connectivity index (χ4n) is 1.81. The standard InChI is InChI=1S/C13H13BrClNO/c1-2-16-13(9-3-4-17-8-9)10-5-11(14)7-12(15)6-10/h3-8,13,16H,2H2,1H3. The van der Waals surface area contributed by atoms with Crippen LogP contribution in [0.5, 0.6) is 0 Å². The predicted molar refractivity (Wildman–Crippen MR) is 73.4 cm³/mol. The smallest absolute Gasteiger partial charge is 0.0953 e. The van der Waals surface area contributed by atoms with Crippen molar-refractivity contribution in [2.24, 2.45) is 0 Å². The van der Waals surface area contributed by atoms with E-state index in [1.54, 1.807) is 12.5 Å². The Bertz CT molecular complexity index is 464. The fraction of sp³-hybridized carbons (Fsp3) is 0.231. The normalized spacial score (nSPS) is 12.6. The third-order valence-electron chi connectivity index (χ3n) is 2.50. The van der Waals surface area contributed by atoms with E-state index in [1.165, 1.54) is 0 Å². The highest BCUT2D eigenvalue weighted by Gasteiger charge is 2.15. The molecule has 1 unspecified atom stereocenters. The molecular formula is C13H13BrClNO. The summed E-state index contributed by atoms with van der Waals surface area (Å²) in [6.07, 6.45) is 3.43. The average molecular weight is 315 g/mol. The highest BCUT2D eigenvalue weighted by Crippen LogP contribution is 2.28. The maximum absolute atomic E-state index is 6.07. The summed E-state index contributed by atoms with van der Waals surface area (Å²) >= 11 is 9.53. The number of nitrogens with one attached hydrogen (secondary N) is 1. The minimum absolute atomic E-state index is 0.105. The second kappa shape index (κ2) is 5.71. The van der Waals surface area contributed by atoms with Gasteiger partial charge in [0.1, 0.15) is 0 Å². The SMILES string of the molecule is CCNC(c1ccoc1)c1cc(Cl)cc(Br)c1. The molecule has 4 heteroatoms. The number of hydrogen-bond acceptors (Lipinski definition) is 2. The third kappa shape index (κ3) is 3.12. The van der Waals surface area contributed by atoms with Crippen molar-refractivity contribution in [3.8, 4) is 0 Å². The highest BCUT2D eigenvalue weighted by atomic mass is 79.9. The van der Waals surface area contributed by atoms with E-state index in [2.05, 4.69) is 34.2 Å². The molecule has 0 bridgehead atoms. The molecule has 1 aromatic carbocycles. The molecule has 2 rings (SSSR count). The van der Waals surface area contributed by atoms with Crippen molar-refractivity contribution in [1.82, 2.24) is 5.32 Å². The molecule has 0 saturated heterocycles. The molecule has 0 amide bonds. The van der Waals surface area contributed by atoms with Gasteiger partial charge >= 0.3 is 0 Å². The van der Waals surface area contributed by atoms with Crippen LogP contribution < -0.4 is 5.32 Å². The van der Waals surface area contributed by atoms with E-state index in [4.69, 9.17) is 16.0 Å². The maximum Gasteiger partial charge on any atom is 0.0953 e. The van der Waals surface area contributed by atoms with Crippen LogP contribution in [0.2, 0.25) is 5.02 Å². The highest BCUT2D eigenvalue weighted by molar-refractivity contribution is 9.10. The summed E-state index contributed by atoms with van der Waals surface area (Å²) in [5, 5.41) is 4.14. The molecular weight excluding hydrogens is 302 g/mol. The van der Waals surface area contributed by atoms with E-state index >= 15 is 0 Å². The minimum atomic E-state index is 0.105. The Morgan fingerprint density at radius 1 is 1.35 bits per heavy atom. The summed E-state index contributed by atoms with van der Waals surface area (Å²) in [6, 6.07) is 7.97. The van der Waals surface area contributed by atoms with Crippen molar-refractivity contribution in [2.75, 3.05) is 6.54 Å². The van der Waals surface area contributed by atoms with E-state index in [-0.39, 0.29) is 6.04 Å². The molecule has 0 radical (unpaired) electrons. The van der Waals surface area contributed by atoms with Crippen LogP contribution in [0, 0.1) is 0 Å². The lowest BCUT2D eigenvalue weighted by Gasteiger charge is -2.17. The quantitative estimate of drug-likeness (QED) is 0.905. The first kappa shape index (κ1) is 12.7. The van der Waals surface area contributed by atoms with Crippen molar-refractivity contribution in [3.63, 3.8) is 0 Å². The van der Waals surface area contributed by atoms with Gasteiger partial charge in [-0.05, 0) is 36.4 Å². The van der Waals surface area contributed by atoms with Gasteiger partial charge in [-0.25, -0.2) is 0 Å².